The minimum atomic E-state index is -1.18. The summed E-state index contributed by atoms with van der Waals surface area (Å²) in [6.07, 6.45) is 1.71. The van der Waals surface area contributed by atoms with E-state index < -0.39 is 11.9 Å². The van der Waals surface area contributed by atoms with E-state index in [-0.39, 0.29) is 0 Å². The SMILES string of the molecule is CCOc1ccc(NC(=O)/C=C/C(=O)O)cc1OCC. The van der Waals surface area contributed by atoms with E-state index in [2.05, 4.69) is 5.32 Å². The second-order valence-corrected chi connectivity index (χ2v) is 3.69. The summed E-state index contributed by atoms with van der Waals surface area (Å²) in [4.78, 5) is 21.8. The van der Waals surface area contributed by atoms with Crippen molar-refractivity contribution in [3.05, 3.63) is 30.4 Å². The number of amides is 1. The molecule has 1 aromatic rings. The van der Waals surface area contributed by atoms with Crippen molar-refractivity contribution in [3.8, 4) is 11.5 Å². The normalized spacial score (nSPS) is 10.3. The molecule has 6 nitrogen and oxygen atoms in total. The van der Waals surface area contributed by atoms with E-state index in [4.69, 9.17) is 14.6 Å². The maximum absolute atomic E-state index is 11.5. The fourth-order valence-electron chi connectivity index (χ4n) is 1.46. The number of carboxylic acid groups (broad SMARTS) is 1. The Morgan fingerprint density at radius 3 is 2.40 bits per heavy atom. The van der Waals surface area contributed by atoms with Gasteiger partial charge in [-0.25, -0.2) is 4.79 Å². The second kappa shape index (κ2) is 7.83. The number of carboxylic acids is 1. The molecular weight excluding hydrogens is 262 g/mol. The maximum Gasteiger partial charge on any atom is 0.328 e. The van der Waals surface area contributed by atoms with Gasteiger partial charge in [-0.2, -0.15) is 0 Å². The van der Waals surface area contributed by atoms with E-state index in [9.17, 15) is 9.59 Å². The van der Waals surface area contributed by atoms with Crippen LogP contribution in [0.5, 0.6) is 11.5 Å². The lowest BCUT2D eigenvalue weighted by molar-refractivity contribution is -0.131. The number of aliphatic carboxylic acids is 1. The summed E-state index contributed by atoms with van der Waals surface area (Å²) in [6, 6.07) is 4.96. The van der Waals surface area contributed by atoms with Crippen molar-refractivity contribution in [3.63, 3.8) is 0 Å². The third-order valence-corrected chi connectivity index (χ3v) is 2.19. The van der Waals surface area contributed by atoms with Gasteiger partial charge in [0.05, 0.1) is 13.2 Å². The lowest BCUT2D eigenvalue weighted by Crippen LogP contribution is -2.09. The highest BCUT2D eigenvalue weighted by Crippen LogP contribution is 2.30. The van der Waals surface area contributed by atoms with Crippen LogP contribution in [0.4, 0.5) is 5.69 Å². The van der Waals surface area contributed by atoms with Crippen LogP contribution in [0.25, 0.3) is 0 Å². The van der Waals surface area contributed by atoms with Gasteiger partial charge in [0.15, 0.2) is 11.5 Å². The minimum Gasteiger partial charge on any atom is -0.490 e. The first-order chi connectivity index (χ1) is 9.56. The highest BCUT2D eigenvalue weighted by molar-refractivity contribution is 6.02. The van der Waals surface area contributed by atoms with E-state index in [1.165, 1.54) is 0 Å². The largest absolute Gasteiger partial charge is 0.490 e. The molecule has 0 saturated carbocycles. The summed E-state index contributed by atoms with van der Waals surface area (Å²) in [5.74, 6) is -0.594. The van der Waals surface area contributed by atoms with Gasteiger partial charge >= 0.3 is 5.97 Å². The van der Waals surface area contributed by atoms with Gasteiger partial charge in [-0.1, -0.05) is 0 Å². The van der Waals surface area contributed by atoms with Gasteiger partial charge in [0, 0.05) is 23.9 Å². The summed E-state index contributed by atoms with van der Waals surface area (Å²) >= 11 is 0. The molecule has 0 saturated heterocycles. The van der Waals surface area contributed by atoms with Gasteiger partial charge in [0.1, 0.15) is 0 Å². The molecule has 0 unspecified atom stereocenters. The maximum atomic E-state index is 11.5. The molecule has 0 aliphatic carbocycles. The van der Waals surface area contributed by atoms with Crippen molar-refractivity contribution in [1.29, 1.82) is 0 Å². The number of carbonyl (C=O) groups excluding carboxylic acids is 1. The standard InChI is InChI=1S/C14H17NO5/c1-3-19-11-6-5-10(9-12(11)20-4-2)15-13(16)7-8-14(17)18/h5-9H,3-4H2,1-2H3,(H,15,16)(H,17,18)/b8-7+. The van der Waals surface area contributed by atoms with Crippen molar-refractivity contribution in [2.45, 2.75) is 13.8 Å². The molecule has 1 amide bonds. The van der Waals surface area contributed by atoms with E-state index in [0.29, 0.717) is 30.4 Å². The Bertz CT molecular complexity index is 510. The Balaban J connectivity index is 2.83. The first kappa shape index (κ1) is 15.6. The topological polar surface area (TPSA) is 84.9 Å². The molecule has 0 spiro atoms. The van der Waals surface area contributed by atoms with Gasteiger partial charge in [0.25, 0.3) is 0 Å². The molecule has 0 atom stereocenters. The molecule has 0 heterocycles. The van der Waals surface area contributed by atoms with Crippen LogP contribution in [-0.4, -0.2) is 30.2 Å². The first-order valence-corrected chi connectivity index (χ1v) is 6.18. The number of hydrogen-bond acceptors (Lipinski definition) is 4. The van der Waals surface area contributed by atoms with E-state index >= 15 is 0 Å². The van der Waals surface area contributed by atoms with Crippen LogP contribution in [-0.2, 0) is 9.59 Å². The molecule has 2 N–H and O–H groups in total. The summed E-state index contributed by atoms with van der Waals surface area (Å²) in [6.45, 7) is 4.68. The zero-order valence-electron chi connectivity index (χ0n) is 11.4. The van der Waals surface area contributed by atoms with Gasteiger partial charge in [-0.3, -0.25) is 4.79 Å². The average Bonchev–Trinajstić information content (AvgIpc) is 2.40. The van der Waals surface area contributed by atoms with E-state index in [1.807, 2.05) is 13.8 Å². The molecule has 0 bridgehead atoms. The summed E-state index contributed by atoms with van der Waals surface area (Å²) in [7, 11) is 0. The summed E-state index contributed by atoms with van der Waals surface area (Å²) in [5, 5.41) is 11.0. The van der Waals surface area contributed by atoms with Crippen molar-refractivity contribution >= 4 is 17.6 Å². The van der Waals surface area contributed by atoms with Crippen molar-refractivity contribution in [1.82, 2.24) is 0 Å². The Labute approximate surface area is 117 Å². The monoisotopic (exact) mass is 279 g/mol. The fourth-order valence-corrected chi connectivity index (χ4v) is 1.46. The zero-order valence-corrected chi connectivity index (χ0v) is 11.4. The van der Waals surface area contributed by atoms with Crippen LogP contribution >= 0.6 is 0 Å². The number of ether oxygens (including phenoxy) is 2. The summed E-state index contributed by atoms with van der Waals surface area (Å²) in [5.41, 5.74) is 0.497. The molecule has 0 radical (unpaired) electrons. The third kappa shape index (κ3) is 5.01. The molecule has 108 valence electrons. The molecule has 0 aliphatic heterocycles. The smallest absolute Gasteiger partial charge is 0.328 e. The lowest BCUT2D eigenvalue weighted by Gasteiger charge is -2.12. The van der Waals surface area contributed by atoms with Crippen LogP contribution < -0.4 is 14.8 Å². The first-order valence-electron chi connectivity index (χ1n) is 6.18. The predicted octanol–water partition coefficient (Wildman–Crippen LogP) is 2.06. The Kier molecular flexibility index (Phi) is 6.09. The molecule has 6 heteroatoms. The molecular formula is C14H17NO5. The van der Waals surface area contributed by atoms with Crippen molar-refractivity contribution < 1.29 is 24.2 Å². The third-order valence-electron chi connectivity index (χ3n) is 2.19. The zero-order chi connectivity index (χ0) is 15.0. The van der Waals surface area contributed by atoms with Gasteiger partial charge in [-0.15, -0.1) is 0 Å². The quantitative estimate of drug-likeness (QED) is 0.746. The van der Waals surface area contributed by atoms with E-state index in [0.717, 1.165) is 12.2 Å². The molecule has 0 fully saturated rings. The molecule has 20 heavy (non-hydrogen) atoms. The number of carbonyl (C=O) groups is 2. The molecule has 0 aromatic heterocycles. The van der Waals surface area contributed by atoms with Crippen LogP contribution in [0.2, 0.25) is 0 Å². The lowest BCUT2D eigenvalue weighted by atomic mass is 10.2. The number of rotatable bonds is 7. The van der Waals surface area contributed by atoms with Gasteiger partial charge < -0.3 is 19.9 Å². The van der Waals surface area contributed by atoms with Crippen LogP contribution in [0.1, 0.15) is 13.8 Å². The number of benzene rings is 1. The second-order valence-electron chi connectivity index (χ2n) is 3.69. The number of hydrogen-bond donors (Lipinski definition) is 2. The van der Waals surface area contributed by atoms with Crippen molar-refractivity contribution in [2.24, 2.45) is 0 Å². The summed E-state index contributed by atoms with van der Waals surface area (Å²) < 4.78 is 10.8. The molecule has 1 aromatic carbocycles. The Morgan fingerprint density at radius 1 is 1.15 bits per heavy atom. The Hall–Kier alpha value is -2.50. The number of anilines is 1. The minimum absolute atomic E-state index is 0.469. The Morgan fingerprint density at radius 2 is 1.80 bits per heavy atom. The van der Waals surface area contributed by atoms with Crippen LogP contribution in [0.3, 0.4) is 0 Å². The highest BCUT2D eigenvalue weighted by Gasteiger charge is 2.07. The fraction of sp³-hybridized carbons (Fsp3) is 0.286. The van der Waals surface area contributed by atoms with Gasteiger partial charge in [-0.05, 0) is 26.0 Å². The molecule has 0 aliphatic rings. The average molecular weight is 279 g/mol. The van der Waals surface area contributed by atoms with Crippen LogP contribution in [0.15, 0.2) is 30.4 Å². The highest BCUT2D eigenvalue weighted by atomic mass is 16.5. The van der Waals surface area contributed by atoms with Crippen LogP contribution in [0, 0.1) is 0 Å². The van der Waals surface area contributed by atoms with Crippen molar-refractivity contribution in [2.75, 3.05) is 18.5 Å². The van der Waals surface area contributed by atoms with E-state index in [1.54, 1.807) is 18.2 Å². The predicted molar refractivity (Wildman–Crippen MR) is 74.2 cm³/mol. The molecule has 1 rings (SSSR count). The number of nitrogens with one attached hydrogen (secondary N) is 1. The van der Waals surface area contributed by atoms with Gasteiger partial charge in [0.2, 0.25) is 5.91 Å².